The first-order valence-corrected chi connectivity index (χ1v) is 5.18. The van der Waals surface area contributed by atoms with Gasteiger partial charge in [-0.25, -0.2) is 0 Å². The van der Waals surface area contributed by atoms with Crippen LogP contribution in [0.1, 0.15) is 46.5 Å². The van der Waals surface area contributed by atoms with Crippen LogP contribution in [0.5, 0.6) is 0 Å². The summed E-state index contributed by atoms with van der Waals surface area (Å²) in [6.45, 7) is 7.05. The van der Waals surface area contributed by atoms with E-state index in [0.717, 1.165) is 0 Å². The molecule has 0 amide bonds. The van der Waals surface area contributed by atoms with Gasteiger partial charge in [-0.3, -0.25) is 0 Å². The Hall–Kier alpha value is 0.130. The van der Waals surface area contributed by atoms with Gasteiger partial charge in [0.2, 0.25) is 0 Å². The molecule has 0 heterocycles. The zero-order chi connectivity index (χ0) is 8.74. The Morgan fingerprint density at radius 3 is 2.27 bits per heavy atom. The lowest BCUT2D eigenvalue weighted by molar-refractivity contribution is 0.270. The molecule has 0 bridgehead atoms. The molecule has 1 unspecified atom stereocenters. The van der Waals surface area contributed by atoms with Crippen molar-refractivity contribution in [3.05, 3.63) is 0 Å². The first-order valence-electron chi connectivity index (χ1n) is 5.18. The second kappa shape index (κ2) is 5.74. The molecule has 0 aliphatic rings. The van der Waals surface area contributed by atoms with Crippen LogP contribution in [0.4, 0.5) is 0 Å². The van der Waals surface area contributed by atoms with Crippen molar-refractivity contribution in [2.45, 2.75) is 52.8 Å². The van der Waals surface area contributed by atoms with E-state index in [0.29, 0.717) is 5.41 Å². The fraction of sp³-hybridized carbons (Fsp3) is 1.00. The molecule has 0 aliphatic heterocycles. The quantitative estimate of drug-likeness (QED) is 0.510. The minimum Gasteiger partial charge on any atom is -0.0844 e. The summed E-state index contributed by atoms with van der Waals surface area (Å²) in [5.41, 5.74) is 0.644. The predicted octanol–water partition coefficient (Wildman–Crippen LogP) is 2.00. The number of rotatable bonds is 6. The lowest BCUT2D eigenvalue weighted by atomic mass is 9.51. The summed E-state index contributed by atoms with van der Waals surface area (Å²) < 4.78 is 0. The third-order valence-electron chi connectivity index (χ3n) is 2.84. The smallest absolute Gasteiger partial charge is 0.0822 e. The third-order valence-corrected chi connectivity index (χ3v) is 2.84. The predicted molar refractivity (Wildman–Crippen MR) is 58.4 cm³/mol. The van der Waals surface area contributed by atoms with Crippen LogP contribution in [0.2, 0.25) is 6.32 Å². The van der Waals surface area contributed by atoms with Crippen LogP contribution in [0.25, 0.3) is 0 Å². The average Bonchev–Trinajstić information content (AvgIpc) is 2.02. The van der Waals surface area contributed by atoms with Gasteiger partial charge in [0.05, 0.1) is 14.9 Å². The molecule has 0 aromatic rings. The number of hydrogen-bond donors (Lipinski definition) is 0. The average molecular weight is 152 g/mol. The second-order valence-electron chi connectivity index (χ2n) is 4.02. The Morgan fingerprint density at radius 2 is 1.91 bits per heavy atom. The molecule has 0 nitrogen and oxygen atoms in total. The molecular weight excluding hydrogens is 130 g/mol. The van der Waals surface area contributed by atoms with E-state index >= 15 is 0 Å². The third kappa shape index (κ3) is 4.55. The molecule has 64 valence electrons. The summed E-state index contributed by atoms with van der Waals surface area (Å²) in [5, 5.41) is 0. The first kappa shape index (κ1) is 11.1. The van der Waals surface area contributed by atoms with Crippen LogP contribution in [-0.4, -0.2) is 14.9 Å². The highest BCUT2D eigenvalue weighted by atomic mass is 14.2. The lowest BCUT2D eigenvalue weighted by Crippen LogP contribution is -2.15. The Kier molecular flexibility index (Phi) is 5.81. The Morgan fingerprint density at radius 1 is 1.27 bits per heavy atom. The lowest BCUT2D eigenvalue weighted by Gasteiger charge is -2.27. The highest BCUT2D eigenvalue weighted by molar-refractivity contribution is 6.89. The SMILES string of the molecule is BBCCC(C)(CC)CCC. The summed E-state index contributed by atoms with van der Waals surface area (Å²) in [5.74, 6) is 0. The summed E-state index contributed by atoms with van der Waals surface area (Å²) in [4.78, 5) is 0. The maximum atomic E-state index is 2.44. The summed E-state index contributed by atoms with van der Waals surface area (Å²) in [7, 11) is 3.63. The molecule has 0 aromatic carbocycles. The van der Waals surface area contributed by atoms with Gasteiger partial charge in [-0.2, -0.15) is 0 Å². The van der Waals surface area contributed by atoms with Gasteiger partial charge in [-0.15, -0.1) is 0 Å². The van der Waals surface area contributed by atoms with E-state index in [-0.39, 0.29) is 0 Å². The van der Waals surface area contributed by atoms with Crippen molar-refractivity contribution >= 4 is 14.9 Å². The summed E-state index contributed by atoms with van der Waals surface area (Å²) in [6, 6.07) is 0. The molecule has 0 N–H and O–H groups in total. The van der Waals surface area contributed by atoms with Crippen molar-refractivity contribution in [3.63, 3.8) is 0 Å². The van der Waals surface area contributed by atoms with Crippen LogP contribution in [-0.2, 0) is 0 Å². The zero-order valence-electron chi connectivity index (χ0n) is 8.74. The Balaban J connectivity index is 3.68. The molecule has 0 radical (unpaired) electrons. The fourth-order valence-corrected chi connectivity index (χ4v) is 1.69. The van der Waals surface area contributed by atoms with E-state index in [1.807, 2.05) is 0 Å². The van der Waals surface area contributed by atoms with Crippen LogP contribution in [0.3, 0.4) is 0 Å². The van der Waals surface area contributed by atoms with Crippen molar-refractivity contribution in [1.82, 2.24) is 0 Å². The zero-order valence-corrected chi connectivity index (χ0v) is 8.74. The summed E-state index contributed by atoms with van der Waals surface area (Å²) >= 11 is 0. The molecular formula is C9H22B2. The molecule has 0 spiro atoms. The minimum absolute atomic E-state index is 0.644. The van der Waals surface area contributed by atoms with Gasteiger partial charge in [-0.05, 0) is 11.8 Å². The van der Waals surface area contributed by atoms with Gasteiger partial charge in [0.1, 0.15) is 0 Å². The molecule has 11 heavy (non-hydrogen) atoms. The van der Waals surface area contributed by atoms with Gasteiger partial charge >= 0.3 is 0 Å². The van der Waals surface area contributed by atoms with E-state index in [2.05, 4.69) is 28.5 Å². The molecule has 0 saturated carbocycles. The Bertz CT molecular complexity index is 93.6. The van der Waals surface area contributed by atoms with Crippen molar-refractivity contribution < 1.29 is 0 Å². The first-order chi connectivity index (χ1) is 5.18. The van der Waals surface area contributed by atoms with Crippen molar-refractivity contribution in [3.8, 4) is 0 Å². The van der Waals surface area contributed by atoms with Gasteiger partial charge in [0, 0.05) is 0 Å². The van der Waals surface area contributed by atoms with Crippen LogP contribution >= 0.6 is 0 Å². The van der Waals surface area contributed by atoms with Crippen molar-refractivity contribution in [1.29, 1.82) is 0 Å². The van der Waals surface area contributed by atoms with E-state index in [4.69, 9.17) is 0 Å². The standard InChI is InChI=1S/C9H22B2/c1-4-6-9(3,5-2)7-8-11-10/h11H,4-8,10H2,1-3H3. The molecule has 1 atom stereocenters. The van der Waals surface area contributed by atoms with E-state index in [1.54, 1.807) is 0 Å². The molecule has 2 heteroatoms. The molecule has 0 aromatic heterocycles. The van der Waals surface area contributed by atoms with Gasteiger partial charge < -0.3 is 0 Å². The molecule has 0 fully saturated rings. The molecule has 0 saturated heterocycles. The number of hydrogen-bond acceptors (Lipinski definition) is 0. The topological polar surface area (TPSA) is 0 Å². The van der Waals surface area contributed by atoms with Crippen molar-refractivity contribution in [2.75, 3.05) is 0 Å². The van der Waals surface area contributed by atoms with E-state index in [9.17, 15) is 0 Å². The van der Waals surface area contributed by atoms with Crippen molar-refractivity contribution in [2.24, 2.45) is 5.41 Å². The van der Waals surface area contributed by atoms with Crippen LogP contribution in [0.15, 0.2) is 0 Å². The largest absolute Gasteiger partial charge is 0.0844 e. The monoisotopic (exact) mass is 152 g/mol. The van der Waals surface area contributed by atoms with Crippen LogP contribution in [0, 0.1) is 5.41 Å². The second-order valence-corrected chi connectivity index (χ2v) is 4.02. The maximum Gasteiger partial charge on any atom is 0.0822 e. The highest BCUT2D eigenvalue weighted by Gasteiger charge is 2.19. The fourth-order valence-electron chi connectivity index (χ4n) is 1.69. The Labute approximate surface area is 73.8 Å². The maximum absolute atomic E-state index is 2.44. The van der Waals surface area contributed by atoms with Gasteiger partial charge in [-0.1, -0.05) is 46.4 Å². The normalized spacial score (nSPS) is 15.9. The van der Waals surface area contributed by atoms with E-state index in [1.165, 1.54) is 39.2 Å². The molecule has 0 aliphatic carbocycles. The minimum atomic E-state index is 0.644. The van der Waals surface area contributed by atoms with Gasteiger partial charge in [0.25, 0.3) is 0 Å². The summed E-state index contributed by atoms with van der Waals surface area (Å²) in [6.07, 6.45) is 6.93. The van der Waals surface area contributed by atoms with E-state index < -0.39 is 0 Å². The highest BCUT2D eigenvalue weighted by Crippen LogP contribution is 2.32. The molecule has 0 rings (SSSR count). The van der Waals surface area contributed by atoms with Gasteiger partial charge in [0.15, 0.2) is 0 Å². The van der Waals surface area contributed by atoms with Crippen LogP contribution < -0.4 is 0 Å².